The number of allylic oxidation sites excluding steroid dienone is 2. The molecule has 7 heteroatoms. The van der Waals surface area contributed by atoms with E-state index in [1.165, 1.54) is 0 Å². The molecule has 2 aromatic rings. The van der Waals surface area contributed by atoms with Gasteiger partial charge in [-0.25, -0.2) is 0 Å². The quantitative estimate of drug-likeness (QED) is 0.818. The molecule has 1 aromatic carbocycles. The molecule has 1 saturated heterocycles. The van der Waals surface area contributed by atoms with E-state index in [4.69, 9.17) is 9.26 Å². The van der Waals surface area contributed by atoms with Gasteiger partial charge in [-0.3, -0.25) is 4.79 Å². The summed E-state index contributed by atoms with van der Waals surface area (Å²) < 4.78 is 10.8. The minimum atomic E-state index is -0.548. The highest BCUT2D eigenvalue weighted by molar-refractivity contribution is 6.08. The Bertz CT molecular complexity index is 1020. The number of likely N-dealkylation sites (N-methyl/N-ethyl adjacent to an activating group) is 1. The minimum Gasteiger partial charge on any atom is -0.377 e. The Morgan fingerprint density at radius 3 is 2.75 bits per heavy atom. The topological polar surface area (TPSA) is 71.7 Å². The number of amides is 1. The van der Waals surface area contributed by atoms with E-state index >= 15 is 0 Å². The monoisotopic (exact) mass is 378 g/mol. The van der Waals surface area contributed by atoms with Crippen molar-refractivity contribution in [2.45, 2.75) is 25.3 Å². The summed E-state index contributed by atoms with van der Waals surface area (Å²) in [7, 11) is 2.01. The standard InChI is InChI=1S/C21H22N4O3/c1-21(2)16-5-4-14(10-17(16)25(20(21)26)15-11-27-12-15)19-22-18(23-28-19)13-6-8-24(3)9-7-13/h4-8,10,15H,9,11-12H2,1-3H3. The Morgan fingerprint density at radius 1 is 1.25 bits per heavy atom. The Balaban J connectivity index is 1.51. The number of aromatic nitrogens is 2. The molecular weight excluding hydrogens is 356 g/mol. The van der Waals surface area contributed by atoms with E-state index in [1.807, 2.05) is 56.3 Å². The largest absolute Gasteiger partial charge is 0.377 e. The Morgan fingerprint density at radius 2 is 2.07 bits per heavy atom. The summed E-state index contributed by atoms with van der Waals surface area (Å²) in [6.45, 7) is 5.90. The molecule has 0 radical (unpaired) electrons. The van der Waals surface area contributed by atoms with Crippen LogP contribution in [0.5, 0.6) is 0 Å². The summed E-state index contributed by atoms with van der Waals surface area (Å²) in [5.41, 5.74) is 3.14. The average molecular weight is 378 g/mol. The molecule has 144 valence electrons. The van der Waals surface area contributed by atoms with Crippen molar-refractivity contribution in [3.8, 4) is 11.5 Å². The molecule has 0 aliphatic carbocycles. The lowest BCUT2D eigenvalue weighted by Gasteiger charge is -2.35. The number of anilines is 1. The third kappa shape index (κ3) is 2.50. The van der Waals surface area contributed by atoms with Gasteiger partial charge in [-0.15, -0.1) is 0 Å². The zero-order chi connectivity index (χ0) is 19.5. The number of carbonyl (C=O) groups excluding carboxylic acids is 1. The van der Waals surface area contributed by atoms with E-state index in [2.05, 4.69) is 21.1 Å². The summed E-state index contributed by atoms with van der Waals surface area (Å²) in [5.74, 6) is 1.13. The van der Waals surface area contributed by atoms with Gasteiger partial charge in [0.1, 0.15) is 0 Å². The predicted molar refractivity (Wildman–Crippen MR) is 105 cm³/mol. The first-order valence-corrected chi connectivity index (χ1v) is 9.44. The Kier molecular flexibility index (Phi) is 3.71. The number of rotatable bonds is 3. The molecule has 28 heavy (non-hydrogen) atoms. The van der Waals surface area contributed by atoms with Gasteiger partial charge in [0.05, 0.1) is 24.7 Å². The fourth-order valence-electron chi connectivity index (χ4n) is 3.86. The first-order valence-electron chi connectivity index (χ1n) is 9.44. The van der Waals surface area contributed by atoms with Gasteiger partial charge >= 0.3 is 0 Å². The van der Waals surface area contributed by atoms with Crippen LogP contribution < -0.4 is 4.90 Å². The van der Waals surface area contributed by atoms with Gasteiger partial charge < -0.3 is 19.1 Å². The second-order valence-corrected chi connectivity index (χ2v) is 8.06. The second-order valence-electron chi connectivity index (χ2n) is 8.06. The second kappa shape index (κ2) is 6.04. The lowest BCUT2D eigenvalue weighted by molar-refractivity contribution is -0.124. The van der Waals surface area contributed by atoms with E-state index < -0.39 is 5.41 Å². The fourth-order valence-corrected chi connectivity index (χ4v) is 3.86. The first kappa shape index (κ1) is 17.2. The summed E-state index contributed by atoms with van der Waals surface area (Å²) in [6.07, 6.45) is 6.03. The molecule has 7 nitrogen and oxygen atoms in total. The summed E-state index contributed by atoms with van der Waals surface area (Å²) in [4.78, 5) is 21.5. The molecule has 1 fully saturated rings. The van der Waals surface area contributed by atoms with Gasteiger partial charge in [-0.2, -0.15) is 4.98 Å². The van der Waals surface area contributed by atoms with Crippen molar-refractivity contribution in [1.82, 2.24) is 15.0 Å². The van der Waals surface area contributed by atoms with Crippen molar-refractivity contribution >= 4 is 17.2 Å². The highest BCUT2D eigenvalue weighted by atomic mass is 16.5. The van der Waals surface area contributed by atoms with Crippen LogP contribution >= 0.6 is 0 Å². The van der Waals surface area contributed by atoms with Gasteiger partial charge in [-0.05, 0) is 43.8 Å². The average Bonchev–Trinajstić information content (AvgIpc) is 3.20. The molecule has 5 rings (SSSR count). The first-order chi connectivity index (χ1) is 13.4. The van der Waals surface area contributed by atoms with Crippen molar-refractivity contribution in [3.63, 3.8) is 0 Å². The normalized spacial score (nSPS) is 21.0. The van der Waals surface area contributed by atoms with Crippen LogP contribution in [0.2, 0.25) is 0 Å². The third-order valence-electron chi connectivity index (χ3n) is 5.71. The van der Waals surface area contributed by atoms with E-state index in [9.17, 15) is 4.79 Å². The predicted octanol–water partition coefficient (Wildman–Crippen LogP) is 2.60. The number of hydrogen-bond acceptors (Lipinski definition) is 6. The zero-order valence-electron chi connectivity index (χ0n) is 16.2. The van der Waals surface area contributed by atoms with Crippen molar-refractivity contribution in [2.75, 3.05) is 31.7 Å². The van der Waals surface area contributed by atoms with E-state index in [-0.39, 0.29) is 11.9 Å². The molecule has 0 unspecified atom stereocenters. The van der Waals surface area contributed by atoms with Crippen LogP contribution in [0.1, 0.15) is 25.2 Å². The molecule has 3 aliphatic rings. The number of ether oxygens (including phenoxy) is 1. The van der Waals surface area contributed by atoms with Crippen molar-refractivity contribution in [1.29, 1.82) is 0 Å². The van der Waals surface area contributed by atoms with Crippen LogP contribution in [0.4, 0.5) is 5.69 Å². The lowest BCUT2D eigenvalue weighted by atomic mass is 9.86. The number of carbonyl (C=O) groups is 1. The SMILES string of the molecule is CN1C=CC(c2noc(-c3ccc4c(c3)N(C3COC3)C(=O)C4(C)C)n2)=CC1. The lowest BCUT2D eigenvalue weighted by Crippen LogP contribution is -2.52. The van der Waals surface area contributed by atoms with Crippen LogP contribution in [0.3, 0.4) is 0 Å². The van der Waals surface area contributed by atoms with Crippen LogP contribution in [0, 0.1) is 0 Å². The molecule has 1 amide bonds. The van der Waals surface area contributed by atoms with Crippen molar-refractivity contribution in [3.05, 3.63) is 47.9 Å². The van der Waals surface area contributed by atoms with E-state index in [1.54, 1.807) is 0 Å². The van der Waals surface area contributed by atoms with E-state index in [0.29, 0.717) is 24.9 Å². The number of nitrogens with zero attached hydrogens (tertiary/aromatic N) is 4. The molecule has 0 spiro atoms. The van der Waals surface area contributed by atoms with Gasteiger partial charge in [0.25, 0.3) is 5.89 Å². The summed E-state index contributed by atoms with van der Waals surface area (Å²) >= 11 is 0. The van der Waals surface area contributed by atoms with Crippen molar-refractivity contribution < 1.29 is 14.1 Å². The molecule has 4 heterocycles. The van der Waals surface area contributed by atoms with E-state index in [0.717, 1.165) is 28.9 Å². The molecule has 0 bridgehead atoms. The molecular formula is C21H22N4O3. The number of hydrogen-bond donors (Lipinski definition) is 0. The number of benzene rings is 1. The van der Waals surface area contributed by atoms with Crippen LogP contribution in [-0.2, 0) is 14.9 Å². The van der Waals surface area contributed by atoms with Gasteiger partial charge in [-0.1, -0.05) is 17.3 Å². The molecule has 0 saturated carbocycles. The zero-order valence-corrected chi connectivity index (χ0v) is 16.2. The molecule has 3 aliphatic heterocycles. The highest BCUT2D eigenvalue weighted by Crippen LogP contribution is 2.45. The van der Waals surface area contributed by atoms with Crippen LogP contribution in [0.25, 0.3) is 17.0 Å². The molecule has 0 N–H and O–H groups in total. The maximum Gasteiger partial charge on any atom is 0.258 e. The summed E-state index contributed by atoms with van der Waals surface area (Å²) in [5, 5.41) is 4.14. The Hall–Kier alpha value is -2.93. The fraction of sp³-hybridized carbons (Fsp3) is 0.381. The van der Waals surface area contributed by atoms with Gasteiger partial charge in [0.15, 0.2) is 0 Å². The number of fused-ring (bicyclic) bond motifs is 1. The summed E-state index contributed by atoms with van der Waals surface area (Å²) in [6, 6.07) is 6.03. The smallest absolute Gasteiger partial charge is 0.258 e. The highest BCUT2D eigenvalue weighted by Gasteiger charge is 2.48. The maximum absolute atomic E-state index is 13.0. The van der Waals surface area contributed by atoms with Crippen molar-refractivity contribution in [2.24, 2.45) is 0 Å². The van der Waals surface area contributed by atoms with Gasteiger partial charge in [0.2, 0.25) is 11.7 Å². The van der Waals surface area contributed by atoms with Crippen LogP contribution in [0.15, 0.2) is 41.1 Å². The van der Waals surface area contributed by atoms with Gasteiger partial charge in [0, 0.05) is 30.4 Å². The minimum absolute atomic E-state index is 0.0936. The Labute approximate surface area is 163 Å². The third-order valence-corrected chi connectivity index (χ3v) is 5.71. The molecule has 1 aromatic heterocycles. The maximum atomic E-state index is 13.0. The van der Waals surface area contributed by atoms with Crippen LogP contribution in [-0.4, -0.2) is 53.8 Å². The molecule has 0 atom stereocenters.